The Kier molecular flexibility index (Phi) is 14.3. The number of benzene rings is 6. The van der Waals surface area contributed by atoms with E-state index in [1.54, 1.807) is 78.9 Å². The van der Waals surface area contributed by atoms with E-state index in [0.29, 0.717) is 33.6 Å². The van der Waals surface area contributed by atoms with Gasteiger partial charge in [0.1, 0.15) is 36.5 Å². The molecule has 73 heavy (non-hydrogen) atoms. The summed E-state index contributed by atoms with van der Waals surface area (Å²) in [6.45, 7) is -1.23. The number of ether oxygens (including phenoxy) is 3. The van der Waals surface area contributed by atoms with Gasteiger partial charge in [0.2, 0.25) is 11.8 Å². The molecule has 3 heterocycles. The lowest BCUT2D eigenvalue weighted by molar-refractivity contribution is -0.384. The molecule has 0 aromatic heterocycles. The fourth-order valence-corrected chi connectivity index (χ4v) is 10.2. The van der Waals surface area contributed by atoms with Crippen LogP contribution in [0.2, 0.25) is 0 Å². The predicted octanol–water partition coefficient (Wildman–Crippen LogP) is 5.84. The van der Waals surface area contributed by atoms with Gasteiger partial charge in [-0.3, -0.25) is 29.4 Å². The number of esters is 1. The average Bonchev–Trinajstić information content (AvgIpc) is 3.91. The van der Waals surface area contributed by atoms with Crippen molar-refractivity contribution in [1.29, 1.82) is 0 Å². The van der Waals surface area contributed by atoms with Crippen LogP contribution in [0.15, 0.2) is 158 Å². The summed E-state index contributed by atoms with van der Waals surface area (Å²) in [6, 6.07) is 38.8. The maximum Gasteiger partial charge on any atom is 0.421 e. The number of non-ortho nitro benzene ring substituents is 1. The number of hydrogen-bond acceptors (Lipinski definition) is 13. The molecule has 3 aliphatic rings. The highest BCUT2D eigenvalue weighted by molar-refractivity contribution is 6.23. The number of aliphatic hydroxyl groups is 2. The lowest BCUT2D eigenvalue weighted by Crippen LogP contribution is -2.56. The lowest BCUT2D eigenvalue weighted by Gasteiger charge is -2.46. The second-order valence-electron chi connectivity index (χ2n) is 17.4. The number of fused-ring (bicyclic) bond motifs is 3. The number of aliphatic hydroxyl groups excluding tert-OH is 2. The number of amides is 5. The molecule has 6 N–H and O–H groups in total. The minimum Gasteiger partial charge on any atom is -0.491 e. The Balaban J connectivity index is 1.29. The maximum atomic E-state index is 16.5. The van der Waals surface area contributed by atoms with E-state index < -0.39 is 83.1 Å². The number of nitro benzene ring substituents is 1. The van der Waals surface area contributed by atoms with Crippen LogP contribution in [0.1, 0.15) is 63.2 Å². The highest BCUT2D eigenvalue weighted by Gasteiger charge is 2.75. The van der Waals surface area contributed by atoms with Crippen molar-refractivity contribution in [2.45, 2.75) is 42.4 Å². The minimum absolute atomic E-state index is 0.00128. The quantitative estimate of drug-likeness (QED) is 0.0373. The zero-order valence-electron chi connectivity index (χ0n) is 38.9. The van der Waals surface area contributed by atoms with Gasteiger partial charge >= 0.3 is 18.1 Å². The Morgan fingerprint density at radius 2 is 1.48 bits per heavy atom. The van der Waals surface area contributed by atoms with Crippen molar-refractivity contribution < 1.29 is 53.3 Å². The number of nitrogens with zero attached hydrogens (tertiary/aromatic N) is 3. The van der Waals surface area contributed by atoms with E-state index in [9.17, 15) is 29.9 Å². The highest BCUT2D eigenvalue weighted by atomic mass is 16.6. The Bertz CT molecular complexity index is 3100. The molecule has 6 aromatic rings. The summed E-state index contributed by atoms with van der Waals surface area (Å²) in [4.78, 5) is 87.6. The lowest BCUT2D eigenvalue weighted by atomic mass is 9.65. The fourth-order valence-electron chi connectivity index (χ4n) is 10.2. The SMILES string of the molecule is NC(=O)NCC#Cc1ccc2c(c1)C1(C(=O)N2C(=O)OCc2ccc([N+](=O)[O-])cc2)C(C(=O)NCC(O)c2ccccc2)C2C(=O)OC(c3ccccc3)C(c3ccccc3)N2C1c1ccc(OCCO)cc1. The van der Waals surface area contributed by atoms with Crippen LogP contribution in [-0.4, -0.2) is 82.3 Å². The molecule has 0 bridgehead atoms. The van der Waals surface area contributed by atoms with Gasteiger partial charge in [-0.2, -0.15) is 0 Å². The summed E-state index contributed by atoms with van der Waals surface area (Å²) < 4.78 is 18.1. The topological polar surface area (TPSA) is 253 Å². The molecule has 0 saturated carbocycles. The van der Waals surface area contributed by atoms with Crippen molar-refractivity contribution in [3.05, 3.63) is 207 Å². The summed E-state index contributed by atoms with van der Waals surface area (Å²) in [5.41, 5.74) is 5.81. The smallest absolute Gasteiger partial charge is 0.421 e. The van der Waals surface area contributed by atoms with Crippen LogP contribution in [0, 0.1) is 27.9 Å². The number of imide groups is 1. The summed E-state index contributed by atoms with van der Waals surface area (Å²) in [6.07, 6.45) is -3.41. The molecule has 6 aromatic carbocycles. The third-order valence-corrected chi connectivity index (χ3v) is 13.2. The van der Waals surface area contributed by atoms with Crippen LogP contribution in [0.25, 0.3) is 0 Å². The van der Waals surface area contributed by atoms with Gasteiger partial charge in [0.25, 0.3) is 5.69 Å². The first-order valence-electron chi connectivity index (χ1n) is 23.3. The van der Waals surface area contributed by atoms with Gasteiger partial charge in [-0.25, -0.2) is 14.5 Å². The number of nitro groups is 1. The van der Waals surface area contributed by atoms with Crippen LogP contribution in [0.5, 0.6) is 5.75 Å². The van der Waals surface area contributed by atoms with Crippen molar-refractivity contribution in [2.24, 2.45) is 11.7 Å². The number of anilines is 1. The molecule has 7 unspecified atom stereocenters. The first-order valence-corrected chi connectivity index (χ1v) is 23.3. The molecule has 3 aliphatic heterocycles. The van der Waals surface area contributed by atoms with Gasteiger partial charge in [0, 0.05) is 24.2 Å². The Labute approximate surface area is 418 Å². The standard InChI is InChI=1S/C55H48N6O12/c56-53(67)57-28-10-11-34-20-27-43-42(31-34)55(52(66)59(43)54(68)72-33-35-18-23-40(24-19-35)61(69)70)45(50(64)58-32-44(63)36-12-4-1-5-13-36)47-51(65)73-48(38-16-8-3-9-17-38)46(37-14-6-2-7-15-37)60(47)49(55)39-21-25-41(26-22-39)71-30-29-62/h1-9,12-27,31,44-49,62-63H,28-30,32-33H2,(H,58,64)(H3,56,57,67). The van der Waals surface area contributed by atoms with Crippen molar-refractivity contribution in [2.75, 3.05) is 31.2 Å². The molecule has 370 valence electrons. The average molecular weight is 985 g/mol. The second-order valence-corrected chi connectivity index (χ2v) is 17.4. The number of primary amides is 1. The summed E-state index contributed by atoms with van der Waals surface area (Å²) in [7, 11) is 0. The number of urea groups is 1. The molecule has 18 nitrogen and oxygen atoms in total. The minimum atomic E-state index is -2.23. The summed E-state index contributed by atoms with van der Waals surface area (Å²) in [5, 5.41) is 37.8. The predicted molar refractivity (Wildman–Crippen MR) is 263 cm³/mol. The van der Waals surface area contributed by atoms with Crippen molar-refractivity contribution in [3.8, 4) is 17.6 Å². The number of rotatable bonds is 14. The van der Waals surface area contributed by atoms with E-state index in [1.165, 1.54) is 30.3 Å². The number of morpholine rings is 1. The first-order chi connectivity index (χ1) is 35.4. The van der Waals surface area contributed by atoms with E-state index in [-0.39, 0.29) is 48.8 Å². The molecule has 5 amide bonds. The van der Waals surface area contributed by atoms with Gasteiger partial charge in [-0.1, -0.05) is 115 Å². The number of hydrogen-bond donors (Lipinski definition) is 5. The van der Waals surface area contributed by atoms with Crippen molar-refractivity contribution in [3.63, 3.8) is 0 Å². The van der Waals surface area contributed by atoms with Gasteiger partial charge < -0.3 is 40.8 Å². The monoisotopic (exact) mass is 984 g/mol. The molecule has 2 saturated heterocycles. The number of nitrogens with one attached hydrogen (secondary N) is 2. The molecule has 2 fully saturated rings. The van der Waals surface area contributed by atoms with Crippen LogP contribution < -0.4 is 26.0 Å². The Morgan fingerprint density at radius 3 is 2.12 bits per heavy atom. The van der Waals surface area contributed by atoms with Gasteiger partial charge in [0.15, 0.2) is 0 Å². The number of nitrogens with two attached hydrogens (primary N) is 1. The third-order valence-electron chi connectivity index (χ3n) is 13.2. The van der Waals surface area contributed by atoms with Crippen molar-refractivity contribution >= 4 is 41.3 Å². The highest BCUT2D eigenvalue weighted by Crippen LogP contribution is 2.66. The van der Waals surface area contributed by atoms with Crippen LogP contribution in [0.4, 0.5) is 21.0 Å². The zero-order chi connectivity index (χ0) is 51.2. The molecule has 0 radical (unpaired) electrons. The van der Waals surface area contributed by atoms with E-state index in [0.717, 1.165) is 4.90 Å². The summed E-state index contributed by atoms with van der Waals surface area (Å²) >= 11 is 0. The molecular formula is C55H48N6O12. The Hall–Kier alpha value is -8.89. The molecule has 1 spiro atoms. The maximum absolute atomic E-state index is 16.5. The van der Waals surface area contributed by atoms with E-state index in [1.807, 2.05) is 53.4 Å². The van der Waals surface area contributed by atoms with Gasteiger partial charge in [-0.15, -0.1) is 0 Å². The first kappa shape index (κ1) is 49.1. The number of cyclic esters (lactones) is 1. The van der Waals surface area contributed by atoms with Crippen LogP contribution in [-0.2, 0) is 35.9 Å². The third kappa shape index (κ3) is 9.55. The molecule has 7 atom stereocenters. The number of carbonyl (C=O) groups is 5. The van der Waals surface area contributed by atoms with Gasteiger partial charge in [-0.05, 0) is 75.8 Å². The zero-order valence-corrected chi connectivity index (χ0v) is 38.9. The van der Waals surface area contributed by atoms with Crippen molar-refractivity contribution in [1.82, 2.24) is 15.5 Å². The van der Waals surface area contributed by atoms with Gasteiger partial charge in [0.05, 0.1) is 47.9 Å². The molecule has 0 aliphatic carbocycles. The molecule has 18 heteroatoms. The second kappa shape index (κ2) is 21.2. The largest absolute Gasteiger partial charge is 0.491 e. The summed E-state index contributed by atoms with van der Waals surface area (Å²) in [5.74, 6) is 1.83. The normalized spacial score (nSPS) is 21.2. The van der Waals surface area contributed by atoms with Crippen LogP contribution in [0.3, 0.4) is 0 Å². The van der Waals surface area contributed by atoms with E-state index >= 15 is 14.4 Å². The fraction of sp³-hybridized carbons (Fsp3) is 0.218. The number of carbonyl (C=O) groups excluding carboxylic acids is 5. The van der Waals surface area contributed by atoms with E-state index in [2.05, 4.69) is 22.5 Å². The van der Waals surface area contributed by atoms with E-state index in [4.69, 9.17) is 19.9 Å². The molecule has 9 rings (SSSR count). The molecular weight excluding hydrogens is 937 g/mol. The van der Waals surface area contributed by atoms with Crippen LogP contribution >= 0.6 is 0 Å². The Morgan fingerprint density at radius 1 is 0.822 bits per heavy atom.